The molecule has 5 heteroatoms. The summed E-state index contributed by atoms with van der Waals surface area (Å²) in [6.07, 6.45) is 2.22. The third-order valence-corrected chi connectivity index (χ3v) is 3.68. The summed E-state index contributed by atoms with van der Waals surface area (Å²) < 4.78 is 10.5. The number of hydrogen-bond acceptors (Lipinski definition) is 4. The summed E-state index contributed by atoms with van der Waals surface area (Å²) in [5, 5.41) is 6.31. The van der Waals surface area contributed by atoms with Crippen LogP contribution in [0.1, 0.15) is 23.2 Å². The quantitative estimate of drug-likeness (QED) is 0.712. The van der Waals surface area contributed by atoms with Crippen molar-refractivity contribution < 1.29 is 14.3 Å². The largest absolute Gasteiger partial charge is 0.490 e. The van der Waals surface area contributed by atoms with Gasteiger partial charge >= 0.3 is 0 Å². The van der Waals surface area contributed by atoms with Crippen LogP contribution in [0.3, 0.4) is 0 Å². The molecule has 116 valence electrons. The van der Waals surface area contributed by atoms with Crippen molar-refractivity contribution in [1.29, 1.82) is 0 Å². The van der Waals surface area contributed by atoms with Crippen molar-refractivity contribution in [2.75, 3.05) is 40.0 Å². The van der Waals surface area contributed by atoms with Crippen LogP contribution in [0.2, 0.25) is 0 Å². The molecule has 0 saturated carbocycles. The van der Waals surface area contributed by atoms with Crippen LogP contribution in [0.4, 0.5) is 0 Å². The highest BCUT2D eigenvalue weighted by Gasteiger charge is 2.15. The van der Waals surface area contributed by atoms with E-state index in [2.05, 4.69) is 10.6 Å². The van der Waals surface area contributed by atoms with Gasteiger partial charge in [-0.3, -0.25) is 4.79 Å². The molecule has 1 heterocycles. The Kier molecular flexibility index (Phi) is 6.50. The Bertz CT molecular complexity index is 445. The summed E-state index contributed by atoms with van der Waals surface area (Å²) >= 11 is 0. The van der Waals surface area contributed by atoms with E-state index in [0.29, 0.717) is 37.0 Å². The molecule has 1 atom stereocenters. The number of ether oxygens (including phenoxy) is 2. The normalized spacial score (nSPS) is 17.7. The topological polar surface area (TPSA) is 59.6 Å². The van der Waals surface area contributed by atoms with Gasteiger partial charge in [0.2, 0.25) is 0 Å². The van der Waals surface area contributed by atoms with E-state index in [4.69, 9.17) is 9.47 Å². The second kappa shape index (κ2) is 8.64. The lowest BCUT2D eigenvalue weighted by Gasteiger charge is -2.12. The number of para-hydroxylation sites is 1. The van der Waals surface area contributed by atoms with Gasteiger partial charge < -0.3 is 20.1 Å². The van der Waals surface area contributed by atoms with Crippen molar-refractivity contribution in [3.63, 3.8) is 0 Å². The summed E-state index contributed by atoms with van der Waals surface area (Å²) in [7, 11) is 1.62. The molecule has 1 unspecified atom stereocenters. The zero-order chi connectivity index (χ0) is 14.9. The molecule has 5 nitrogen and oxygen atoms in total. The van der Waals surface area contributed by atoms with Crippen LogP contribution in [0.25, 0.3) is 0 Å². The molecular formula is C16H24N2O3. The van der Waals surface area contributed by atoms with Crippen LogP contribution in [-0.2, 0) is 4.74 Å². The van der Waals surface area contributed by atoms with Crippen LogP contribution >= 0.6 is 0 Å². The second-order valence-corrected chi connectivity index (χ2v) is 5.24. The number of methoxy groups -OCH3 is 1. The highest BCUT2D eigenvalue weighted by atomic mass is 16.5. The monoisotopic (exact) mass is 292 g/mol. The number of carbonyl (C=O) groups excluding carboxylic acids is 1. The van der Waals surface area contributed by atoms with Crippen molar-refractivity contribution >= 4 is 5.91 Å². The Labute approximate surface area is 126 Å². The summed E-state index contributed by atoms with van der Waals surface area (Å²) in [6, 6.07) is 7.31. The molecular weight excluding hydrogens is 268 g/mol. The number of benzene rings is 1. The van der Waals surface area contributed by atoms with Gasteiger partial charge in [-0.05, 0) is 44.0 Å². The molecule has 0 aliphatic carbocycles. The van der Waals surface area contributed by atoms with Gasteiger partial charge in [-0.1, -0.05) is 12.1 Å². The van der Waals surface area contributed by atoms with Gasteiger partial charge in [0, 0.05) is 13.7 Å². The molecule has 0 bridgehead atoms. The van der Waals surface area contributed by atoms with E-state index in [0.717, 1.165) is 19.5 Å². The first-order chi connectivity index (χ1) is 10.3. The average Bonchev–Trinajstić information content (AvgIpc) is 3.01. The van der Waals surface area contributed by atoms with E-state index in [1.165, 1.54) is 6.42 Å². The fourth-order valence-corrected chi connectivity index (χ4v) is 2.46. The molecule has 1 aromatic carbocycles. The van der Waals surface area contributed by atoms with Crippen LogP contribution in [-0.4, -0.2) is 45.9 Å². The van der Waals surface area contributed by atoms with Gasteiger partial charge in [0.25, 0.3) is 5.91 Å². The van der Waals surface area contributed by atoms with Crippen LogP contribution in [0.5, 0.6) is 5.75 Å². The molecule has 1 saturated heterocycles. The van der Waals surface area contributed by atoms with E-state index < -0.39 is 0 Å². The second-order valence-electron chi connectivity index (χ2n) is 5.24. The molecule has 0 aromatic heterocycles. The van der Waals surface area contributed by atoms with Crippen LogP contribution in [0, 0.1) is 5.92 Å². The molecule has 1 fully saturated rings. The molecule has 1 aromatic rings. The molecule has 1 aliphatic rings. The van der Waals surface area contributed by atoms with Crippen LogP contribution in [0.15, 0.2) is 24.3 Å². The predicted molar refractivity (Wildman–Crippen MR) is 81.7 cm³/mol. The number of nitrogens with one attached hydrogen (secondary N) is 2. The van der Waals surface area contributed by atoms with Gasteiger partial charge in [0.15, 0.2) is 0 Å². The first-order valence-corrected chi connectivity index (χ1v) is 7.51. The lowest BCUT2D eigenvalue weighted by atomic mass is 10.1. The molecule has 2 rings (SSSR count). The van der Waals surface area contributed by atoms with Crippen molar-refractivity contribution in [2.45, 2.75) is 12.8 Å². The summed E-state index contributed by atoms with van der Waals surface area (Å²) in [5.74, 6) is 1.21. The van der Waals surface area contributed by atoms with Crippen molar-refractivity contribution in [3.05, 3.63) is 29.8 Å². The van der Waals surface area contributed by atoms with Gasteiger partial charge in [0.1, 0.15) is 12.4 Å². The third kappa shape index (κ3) is 5.02. The standard InChI is InChI=1S/C16H24N2O3/c1-20-10-11-21-15-5-3-2-4-14(15)16(19)18-9-7-13-6-8-17-12-13/h2-5,13,17H,6-12H2,1H3,(H,18,19). The fraction of sp³-hybridized carbons (Fsp3) is 0.562. The number of rotatable bonds is 8. The number of carbonyl (C=O) groups is 1. The highest BCUT2D eigenvalue weighted by Crippen LogP contribution is 2.18. The summed E-state index contributed by atoms with van der Waals surface area (Å²) in [6.45, 7) is 3.80. The molecule has 21 heavy (non-hydrogen) atoms. The maximum Gasteiger partial charge on any atom is 0.255 e. The minimum Gasteiger partial charge on any atom is -0.490 e. The van der Waals surface area contributed by atoms with Crippen molar-refractivity contribution in [1.82, 2.24) is 10.6 Å². The average molecular weight is 292 g/mol. The third-order valence-electron chi connectivity index (χ3n) is 3.68. The van der Waals surface area contributed by atoms with E-state index in [9.17, 15) is 4.79 Å². The lowest BCUT2D eigenvalue weighted by Crippen LogP contribution is -2.27. The predicted octanol–water partition coefficient (Wildman–Crippen LogP) is 1.44. The van der Waals surface area contributed by atoms with Gasteiger partial charge in [0.05, 0.1) is 12.2 Å². The van der Waals surface area contributed by atoms with Gasteiger partial charge in [-0.25, -0.2) is 0 Å². The first-order valence-electron chi connectivity index (χ1n) is 7.51. The van der Waals surface area contributed by atoms with Crippen molar-refractivity contribution in [2.24, 2.45) is 5.92 Å². The summed E-state index contributed by atoms with van der Waals surface area (Å²) in [4.78, 5) is 12.2. The molecule has 0 spiro atoms. The highest BCUT2D eigenvalue weighted by molar-refractivity contribution is 5.96. The Balaban J connectivity index is 1.82. The molecule has 0 radical (unpaired) electrons. The fourth-order valence-electron chi connectivity index (χ4n) is 2.46. The van der Waals surface area contributed by atoms with Gasteiger partial charge in [-0.15, -0.1) is 0 Å². The van der Waals surface area contributed by atoms with E-state index in [1.807, 2.05) is 18.2 Å². The number of amides is 1. The smallest absolute Gasteiger partial charge is 0.255 e. The maximum atomic E-state index is 12.2. The van der Waals surface area contributed by atoms with Crippen molar-refractivity contribution in [3.8, 4) is 5.75 Å². The van der Waals surface area contributed by atoms with E-state index in [-0.39, 0.29) is 5.91 Å². The number of hydrogen-bond donors (Lipinski definition) is 2. The SMILES string of the molecule is COCCOc1ccccc1C(=O)NCCC1CCNC1. The Morgan fingerprint density at radius 2 is 2.24 bits per heavy atom. The lowest BCUT2D eigenvalue weighted by molar-refractivity contribution is 0.0944. The Morgan fingerprint density at radius 1 is 1.38 bits per heavy atom. The summed E-state index contributed by atoms with van der Waals surface area (Å²) in [5.41, 5.74) is 0.582. The zero-order valence-electron chi connectivity index (χ0n) is 12.6. The molecule has 2 N–H and O–H groups in total. The van der Waals surface area contributed by atoms with E-state index in [1.54, 1.807) is 13.2 Å². The van der Waals surface area contributed by atoms with Gasteiger partial charge in [-0.2, -0.15) is 0 Å². The maximum absolute atomic E-state index is 12.2. The zero-order valence-corrected chi connectivity index (χ0v) is 12.6. The Morgan fingerprint density at radius 3 is 3.00 bits per heavy atom. The Hall–Kier alpha value is -1.59. The first kappa shape index (κ1) is 15.8. The minimum absolute atomic E-state index is 0.0750. The molecule has 1 amide bonds. The van der Waals surface area contributed by atoms with Crippen LogP contribution < -0.4 is 15.4 Å². The molecule has 1 aliphatic heterocycles. The van der Waals surface area contributed by atoms with E-state index >= 15 is 0 Å². The minimum atomic E-state index is -0.0750.